The van der Waals surface area contributed by atoms with E-state index in [2.05, 4.69) is 31.4 Å². The zero-order valence-corrected chi connectivity index (χ0v) is 11.6. The molecule has 0 aromatic heterocycles. The molecule has 2 atom stereocenters. The van der Waals surface area contributed by atoms with E-state index in [-0.39, 0.29) is 6.04 Å². The lowest BCUT2D eigenvalue weighted by atomic mass is 9.92. The maximum atomic E-state index is 5.28. The molecule has 2 unspecified atom stereocenters. The number of nitrogens with one attached hydrogen (secondary N) is 2. The minimum absolute atomic E-state index is 0.263. The van der Waals surface area contributed by atoms with Crippen LogP contribution in [0.5, 0.6) is 0 Å². The van der Waals surface area contributed by atoms with Crippen LogP contribution in [-0.2, 0) is 4.74 Å². The van der Waals surface area contributed by atoms with Crippen LogP contribution in [0.4, 0.5) is 0 Å². The number of rotatable bonds is 4. The van der Waals surface area contributed by atoms with E-state index in [1.165, 1.54) is 19.3 Å². The third-order valence-electron chi connectivity index (χ3n) is 3.10. The standard InChI is InChI=1S/C12H24N2OS/c1-9(8-15-4)13-11(16)14-10-5-6-12(2,3)7-10/h9-10H,5-8H2,1-4H3,(H2,13,14,16). The quantitative estimate of drug-likeness (QED) is 0.742. The fourth-order valence-corrected chi connectivity index (χ4v) is 2.67. The molecule has 0 amide bonds. The fourth-order valence-electron chi connectivity index (χ4n) is 2.30. The Morgan fingerprint density at radius 1 is 1.56 bits per heavy atom. The Morgan fingerprint density at radius 2 is 2.25 bits per heavy atom. The van der Waals surface area contributed by atoms with Gasteiger partial charge in [0.05, 0.1) is 6.61 Å². The molecule has 4 heteroatoms. The number of hydrogen-bond donors (Lipinski definition) is 2. The normalized spacial score (nSPS) is 25.1. The number of ether oxygens (including phenoxy) is 1. The van der Waals surface area contributed by atoms with Gasteiger partial charge in [0, 0.05) is 19.2 Å². The van der Waals surface area contributed by atoms with E-state index in [1.807, 2.05) is 0 Å². The van der Waals surface area contributed by atoms with Crippen molar-refractivity contribution in [2.45, 2.75) is 52.1 Å². The van der Waals surface area contributed by atoms with Crippen LogP contribution >= 0.6 is 12.2 Å². The second-order valence-corrected chi connectivity index (χ2v) is 5.99. The summed E-state index contributed by atoms with van der Waals surface area (Å²) in [5, 5.41) is 7.38. The Bertz CT molecular complexity index is 243. The molecule has 16 heavy (non-hydrogen) atoms. The van der Waals surface area contributed by atoms with Crippen molar-refractivity contribution < 1.29 is 4.74 Å². The van der Waals surface area contributed by atoms with Crippen LogP contribution in [0.15, 0.2) is 0 Å². The van der Waals surface area contributed by atoms with Crippen molar-refractivity contribution in [2.24, 2.45) is 5.41 Å². The second-order valence-electron chi connectivity index (χ2n) is 5.58. The maximum absolute atomic E-state index is 5.28. The minimum Gasteiger partial charge on any atom is -0.383 e. The van der Waals surface area contributed by atoms with Crippen molar-refractivity contribution >= 4 is 17.3 Å². The Hall–Kier alpha value is -0.350. The molecule has 94 valence electrons. The molecule has 0 bridgehead atoms. The molecule has 3 nitrogen and oxygen atoms in total. The minimum atomic E-state index is 0.263. The summed E-state index contributed by atoms with van der Waals surface area (Å²) < 4.78 is 5.06. The first-order valence-electron chi connectivity index (χ1n) is 5.99. The van der Waals surface area contributed by atoms with Crippen LogP contribution in [0.2, 0.25) is 0 Å². The Morgan fingerprint density at radius 3 is 2.75 bits per heavy atom. The van der Waals surface area contributed by atoms with E-state index in [1.54, 1.807) is 7.11 Å². The molecule has 0 aromatic carbocycles. The van der Waals surface area contributed by atoms with Crippen LogP contribution in [-0.4, -0.2) is 30.9 Å². The van der Waals surface area contributed by atoms with Gasteiger partial charge in [-0.25, -0.2) is 0 Å². The monoisotopic (exact) mass is 244 g/mol. The first-order valence-corrected chi connectivity index (χ1v) is 6.40. The predicted octanol–water partition coefficient (Wildman–Crippen LogP) is 2.06. The summed E-state index contributed by atoms with van der Waals surface area (Å²) in [6.45, 7) is 7.38. The molecule has 0 radical (unpaired) electrons. The average molecular weight is 244 g/mol. The molecule has 0 spiro atoms. The van der Waals surface area contributed by atoms with Gasteiger partial charge in [0.15, 0.2) is 5.11 Å². The molecule has 1 aliphatic carbocycles. The van der Waals surface area contributed by atoms with E-state index in [0.717, 1.165) is 5.11 Å². The summed E-state index contributed by atoms with van der Waals surface area (Å²) in [5.74, 6) is 0. The summed E-state index contributed by atoms with van der Waals surface area (Å²) in [5.41, 5.74) is 0.464. The Kier molecular flexibility index (Phi) is 4.99. The molecular formula is C12H24N2OS. The van der Waals surface area contributed by atoms with Gasteiger partial charge in [0.1, 0.15) is 0 Å². The Labute approximate surface area is 104 Å². The van der Waals surface area contributed by atoms with Crippen LogP contribution in [0, 0.1) is 5.41 Å². The van der Waals surface area contributed by atoms with E-state index < -0.39 is 0 Å². The van der Waals surface area contributed by atoms with Crippen molar-refractivity contribution in [3.63, 3.8) is 0 Å². The molecule has 1 saturated carbocycles. The highest BCUT2D eigenvalue weighted by atomic mass is 32.1. The van der Waals surface area contributed by atoms with Gasteiger partial charge in [0.25, 0.3) is 0 Å². The smallest absolute Gasteiger partial charge is 0.166 e. The second kappa shape index (κ2) is 5.82. The fraction of sp³-hybridized carbons (Fsp3) is 0.917. The number of methoxy groups -OCH3 is 1. The first-order chi connectivity index (χ1) is 7.43. The lowest BCUT2D eigenvalue weighted by Gasteiger charge is -2.21. The maximum Gasteiger partial charge on any atom is 0.166 e. The topological polar surface area (TPSA) is 33.3 Å². The Balaban J connectivity index is 2.25. The molecule has 0 saturated heterocycles. The third kappa shape index (κ3) is 4.66. The van der Waals surface area contributed by atoms with Gasteiger partial charge in [-0.15, -0.1) is 0 Å². The number of thiocarbonyl (C=S) groups is 1. The molecule has 1 aliphatic rings. The van der Waals surface area contributed by atoms with Crippen molar-refractivity contribution in [2.75, 3.05) is 13.7 Å². The molecular weight excluding hydrogens is 220 g/mol. The molecule has 1 rings (SSSR count). The van der Waals surface area contributed by atoms with Gasteiger partial charge in [-0.3, -0.25) is 0 Å². The summed E-state index contributed by atoms with van der Waals surface area (Å²) in [6, 6.07) is 0.796. The van der Waals surface area contributed by atoms with Gasteiger partial charge >= 0.3 is 0 Å². The van der Waals surface area contributed by atoms with Gasteiger partial charge in [-0.05, 0) is 43.8 Å². The lowest BCUT2D eigenvalue weighted by molar-refractivity contribution is 0.179. The zero-order chi connectivity index (χ0) is 12.2. The van der Waals surface area contributed by atoms with Crippen LogP contribution in [0.3, 0.4) is 0 Å². The zero-order valence-electron chi connectivity index (χ0n) is 10.8. The van der Waals surface area contributed by atoms with Crippen LogP contribution < -0.4 is 10.6 Å². The van der Waals surface area contributed by atoms with Crippen molar-refractivity contribution in [3.05, 3.63) is 0 Å². The molecule has 0 heterocycles. The van der Waals surface area contributed by atoms with Crippen molar-refractivity contribution in [1.29, 1.82) is 0 Å². The van der Waals surface area contributed by atoms with Gasteiger partial charge in [0.2, 0.25) is 0 Å². The SMILES string of the molecule is COCC(C)NC(=S)NC1CCC(C)(C)C1. The third-order valence-corrected chi connectivity index (χ3v) is 3.33. The highest BCUT2D eigenvalue weighted by Gasteiger charge is 2.31. The van der Waals surface area contributed by atoms with E-state index in [4.69, 9.17) is 17.0 Å². The van der Waals surface area contributed by atoms with Crippen LogP contribution in [0.1, 0.15) is 40.0 Å². The predicted molar refractivity (Wildman–Crippen MR) is 71.6 cm³/mol. The average Bonchev–Trinajstić information content (AvgIpc) is 2.45. The van der Waals surface area contributed by atoms with E-state index in [9.17, 15) is 0 Å². The summed E-state index contributed by atoms with van der Waals surface area (Å²) in [6.07, 6.45) is 3.70. The highest BCUT2D eigenvalue weighted by Crippen LogP contribution is 2.36. The van der Waals surface area contributed by atoms with E-state index >= 15 is 0 Å². The number of hydrogen-bond acceptors (Lipinski definition) is 2. The van der Waals surface area contributed by atoms with Crippen molar-refractivity contribution in [1.82, 2.24) is 10.6 Å². The van der Waals surface area contributed by atoms with Gasteiger partial charge in [-0.2, -0.15) is 0 Å². The van der Waals surface area contributed by atoms with Gasteiger partial charge < -0.3 is 15.4 Å². The van der Waals surface area contributed by atoms with Gasteiger partial charge in [-0.1, -0.05) is 13.8 Å². The summed E-state index contributed by atoms with van der Waals surface area (Å²) >= 11 is 5.28. The summed E-state index contributed by atoms with van der Waals surface area (Å²) in [4.78, 5) is 0. The molecule has 2 N–H and O–H groups in total. The molecule has 0 aliphatic heterocycles. The van der Waals surface area contributed by atoms with Crippen molar-refractivity contribution in [3.8, 4) is 0 Å². The highest BCUT2D eigenvalue weighted by molar-refractivity contribution is 7.80. The summed E-state index contributed by atoms with van der Waals surface area (Å²) in [7, 11) is 1.70. The largest absolute Gasteiger partial charge is 0.383 e. The van der Waals surface area contributed by atoms with Crippen LogP contribution in [0.25, 0.3) is 0 Å². The molecule has 1 fully saturated rings. The lowest BCUT2D eigenvalue weighted by Crippen LogP contribution is -2.45. The van der Waals surface area contributed by atoms with E-state index in [0.29, 0.717) is 18.1 Å². The first kappa shape index (κ1) is 13.7. The molecule has 0 aromatic rings.